The molecule has 0 saturated heterocycles. The van der Waals surface area contributed by atoms with Crippen LogP contribution < -0.4 is 5.32 Å². The molecular weight excluding hydrogens is 347 g/mol. The van der Waals surface area contributed by atoms with Crippen LogP contribution in [0.1, 0.15) is 20.8 Å². The van der Waals surface area contributed by atoms with Gasteiger partial charge in [-0.2, -0.15) is 0 Å². The molecule has 21 heavy (non-hydrogen) atoms. The van der Waals surface area contributed by atoms with Crippen LogP contribution in [0.15, 0.2) is 28.6 Å². The fourth-order valence-corrected chi connectivity index (χ4v) is 1.41. The van der Waals surface area contributed by atoms with Crippen LogP contribution >= 0.6 is 15.9 Å². The van der Waals surface area contributed by atoms with E-state index in [9.17, 15) is 14.0 Å². The second-order valence-corrected chi connectivity index (χ2v) is 5.22. The van der Waals surface area contributed by atoms with Crippen molar-refractivity contribution < 1.29 is 23.5 Å². The number of aromatic nitrogens is 1. The SMILES string of the molecule is C/C(=C/Nc1cnc(Br)c(F)c1)C(=O)OC(C)(C)OC=O. The molecule has 0 aliphatic heterocycles. The van der Waals surface area contributed by atoms with E-state index in [0.29, 0.717) is 5.69 Å². The summed E-state index contributed by atoms with van der Waals surface area (Å²) in [4.78, 5) is 25.8. The van der Waals surface area contributed by atoms with E-state index in [-0.39, 0.29) is 16.6 Å². The van der Waals surface area contributed by atoms with Gasteiger partial charge in [0.05, 0.1) is 17.5 Å². The van der Waals surface area contributed by atoms with E-state index < -0.39 is 17.6 Å². The molecule has 1 N–H and O–H groups in total. The lowest BCUT2D eigenvalue weighted by atomic mass is 10.3. The first kappa shape index (κ1) is 17.1. The average molecular weight is 361 g/mol. The number of nitrogens with zero attached hydrogens (tertiary/aromatic N) is 1. The summed E-state index contributed by atoms with van der Waals surface area (Å²) in [5, 5.41) is 2.71. The van der Waals surface area contributed by atoms with Gasteiger partial charge in [0, 0.05) is 26.1 Å². The van der Waals surface area contributed by atoms with Gasteiger partial charge in [0.15, 0.2) is 5.82 Å². The van der Waals surface area contributed by atoms with Crippen LogP contribution in [0.3, 0.4) is 0 Å². The Morgan fingerprint density at radius 1 is 1.52 bits per heavy atom. The van der Waals surface area contributed by atoms with Gasteiger partial charge in [-0.15, -0.1) is 0 Å². The molecule has 1 rings (SSSR count). The molecule has 0 spiro atoms. The number of hydrogen-bond donors (Lipinski definition) is 1. The zero-order valence-electron chi connectivity index (χ0n) is 11.6. The van der Waals surface area contributed by atoms with E-state index in [2.05, 4.69) is 31.0 Å². The van der Waals surface area contributed by atoms with Crippen LogP contribution in [0.4, 0.5) is 10.1 Å². The molecule has 0 bridgehead atoms. The summed E-state index contributed by atoms with van der Waals surface area (Å²) in [6.45, 7) is 4.54. The topological polar surface area (TPSA) is 77.5 Å². The molecule has 0 aliphatic carbocycles. The summed E-state index contributed by atoms with van der Waals surface area (Å²) in [5.74, 6) is -2.58. The van der Waals surface area contributed by atoms with Crippen molar-refractivity contribution in [2.75, 3.05) is 5.32 Å². The predicted molar refractivity (Wildman–Crippen MR) is 76.6 cm³/mol. The number of pyridine rings is 1. The van der Waals surface area contributed by atoms with E-state index >= 15 is 0 Å². The Morgan fingerprint density at radius 3 is 2.76 bits per heavy atom. The standard InChI is InChI=1S/C13H14BrFN2O4/c1-8(12(19)21-13(2,3)20-7-18)5-16-9-4-10(15)11(14)17-6-9/h4-7,16H,1-3H3/b8-5-. The lowest BCUT2D eigenvalue weighted by Crippen LogP contribution is -2.31. The summed E-state index contributed by atoms with van der Waals surface area (Å²) in [5.41, 5.74) is 0.576. The first-order valence-corrected chi connectivity index (χ1v) is 6.63. The first-order chi connectivity index (χ1) is 9.75. The van der Waals surface area contributed by atoms with Gasteiger partial charge < -0.3 is 14.8 Å². The van der Waals surface area contributed by atoms with Gasteiger partial charge in [-0.3, -0.25) is 4.79 Å². The minimum absolute atomic E-state index is 0.0981. The third kappa shape index (κ3) is 5.50. The number of rotatable bonds is 6. The maximum atomic E-state index is 13.3. The van der Waals surface area contributed by atoms with Gasteiger partial charge in [0.25, 0.3) is 12.3 Å². The Kier molecular flexibility index (Phi) is 5.83. The van der Waals surface area contributed by atoms with Gasteiger partial charge in [0.2, 0.25) is 0 Å². The predicted octanol–water partition coefficient (Wildman–Crippen LogP) is 2.75. The number of carbonyl (C=O) groups is 2. The number of carbonyl (C=O) groups excluding carboxylic acids is 2. The van der Waals surface area contributed by atoms with Crippen molar-refractivity contribution >= 4 is 34.1 Å². The van der Waals surface area contributed by atoms with Crippen LogP contribution in [0.2, 0.25) is 0 Å². The normalized spacial score (nSPS) is 11.8. The quantitative estimate of drug-likeness (QED) is 0.276. The zero-order chi connectivity index (χ0) is 16.0. The van der Waals surface area contributed by atoms with Gasteiger partial charge in [0.1, 0.15) is 4.60 Å². The van der Waals surface area contributed by atoms with Crippen molar-refractivity contribution in [2.24, 2.45) is 0 Å². The summed E-state index contributed by atoms with van der Waals surface area (Å²) in [7, 11) is 0. The maximum Gasteiger partial charge on any atom is 0.338 e. The van der Waals surface area contributed by atoms with Crippen molar-refractivity contribution in [1.82, 2.24) is 4.98 Å². The Labute approximate surface area is 129 Å². The minimum atomic E-state index is -1.36. The smallest absolute Gasteiger partial charge is 0.338 e. The highest BCUT2D eigenvalue weighted by molar-refractivity contribution is 9.10. The molecule has 0 atom stereocenters. The number of anilines is 1. The van der Waals surface area contributed by atoms with Crippen LogP contribution in [0.5, 0.6) is 0 Å². The van der Waals surface area contributed by atoms with E-state index in [1.807, 2.05) is 0 Å². The highest BCUT2D eigenvalue weighted by Gasteiger charge is 2.24. The fourth-order valence-electron chi connectivity index (χ4n) is 1.19. The maximum absolute atomic E-state index is 13.3. The summed E-state index contributed by atoms with van der Waals surface area (Å²) in [6, 6.07) is 1.21. The van der Waals surface area contributed by atoms with Crippen molar-refractivity contribution in [1.29, 1.82) is 0 Å². The van der Waals surface area contributed by atoms with Crippen LogP contribution in [0.25, 0.3) is 0 Å². The van der Waals surface area contributed by atoms with E-state index in [1.54, 1.807) is 0 Å². The fraction of sp³-hybridized carbons (Fsp3) is 0.308. The molecule has 0 saturated carbocycles. The monoisotopic (exact) mass is 360 g/mol. The number of hydrogen-bond acceptors (Lipinski definition) is 6. The second kappa shape index (κ2) is 7.16. The van der Waals surface area contributed by atoms with E-state index in [4.69, 9.17) is 4.74 Å². The molecule has 0 radical (unpaired) electrons. The Balaban J connectivity index is 2.69. The third-order valence-corrected chi connectivity index (χ3v) is 2.83. The van der Waals surface area contributed by atoms with Gasteiger partial charge in [-0.25, -0.2) is 14.2 Å². The molecule has 0 aromatic carbocycles. The van der Waals surface area contributed by atoms with Gasteiger partial charge in [-0.05, 0) is 22.9 Å². The molecule has 1 heterocycles. The Morgan fingerprint density at radius 2 is 2.19 bits per heavy atom. The minimum Gasteiger partial charge on any atom is -0.425 e. The Bertz CT molecular complexity index is 575. The highest BCUT2D eigenvalue weighted by atomic mass is 79.9. The average Bonchev–Trinajstić information content (AvgIpc) is 2.39. The molecule has 1 aromatic heterocycles. The second-order valence-electron chi connectivity index (χ2n) is 4.47. The van der Waals surface area contributed by atoms with Crippen LogP contribution in [-0.2, 0) is 19.1 Å². The first-order valence-electron chi connectivity index (χ1n) is 5.84. The van der Waals surface area contributed by atoms with Crippen LogP contribution in [0, 0.1) is 5.82 Å². The van der Waals surface area contributed by atoms with Crippen molar-refractivity contribution in [3.63, 3.8) is 0 Å². The molecule has 0 fully saturated rings. The van der Waals surface area contributed by atoms with Crippen molar-refractivity contribution in [3.05, 3.63) is 34.5 Å². The lowest BCUT2D eigenvalue weighted by molar-refractivity contribution is -0.204. The molecule has 0 unspecified atom stereocenters. The highest BCUT2D eigenvalue weighted by Crippen LogP contribution is 2.17. The molecule has 0 aliphatic rings. The number of halogens is 2. The summed E-state index contributed by atoms with van der Waals surface area (Å²) < 4.78 is 22.9. The van der Waals surface area contributed by atoms with Crippen molar-refractivity contribution in [3.8, 4) is 0 Å². The molecule has 114 valence electrons. The molecule has 8 heteroatoms. The number of nitrogens with one attached hydrogen (secondary N) is 1. The number of esters is 1. The van der Waals surface area contributed by atoms with Crippen LogP contribution in [-0.4, -0.2) is 23.2 Å². The molecular formula is C13H14BrFN2O4. The molecule has 6 nitrogen and oxygen atoms in total. The van der Waals surface area contributed by atoms with E-state index in [0.717, 1.165) is 0 Å². The molecule has 0 amide bonds. The third-order valence-electron chi connectivity index (χ3n) is 2.24. The Hall–Kier alpha value is -1.96. The summed E-state index contributed by atoms with van der Waals surface area (Å²) in [6.07, 6.45) is 2.73. The zero-order valence-corrected chi connectivity index (χ0v) is 13.2. The van der Waals surface area contributed by atoms with Gasteiger partial charge in [-0.1, -0.05) is 0 Å². The summed E-state index contributed by atoms with van der Waals surface area (Å²) >= 11 is 2.93. The van der Waals surface area contributed by atoms with E-state index in [1.165, 1.54) is 39.2 Å². The van der Waals surface area contributed by atoms with Crippen molar-refractivity contribution in [2.45, 2.75) is 26.6 Å². The largest absolute Gasteiger partial charge is 0.425 e. The number of ether oxygens (including phenoxy) is 2. The molecule has 1 aromatic rings. The van der Waals surface area contributed by atoms with Gasteiger partial charge >= 0.3 is 5.97 Å². The lowest BCUT2D eigenvalue weighted by Gasteiger charge is -2.22.